The van der Waals surface area contributed by atoms with Crippen LogP contribution in [0.15, 0.2) is 59.8 Å². The number of piperidine rings is 1. The van der Waals surface area contributed by atoms with Crippen LogP contribution in [0.4, 0.5) is 0 Å². The Morgan fingerprint density at radius 2 is 2.11 bits per heavy atom. The molecule has 2 aromatic heterocycles. The van der Waals surface area contributed by atoms with E-state index in [1.807, 2.05) is 30.6 Å². The minimum Gasteiger partial charge on any atom is -0.364 e. The van der Waals surface area contributed by atoms with Crippen molar-refractivity contribution in [2.45, 2.75) is 32.2 Å². The Balaban J connectivity index is 1.52. The van der Waals surface area contributed by atoms with E-state index in [9.17, 15) is 9.59 Å². The molecule has 1 aliphatic rings. The van der Waals surface area contributed by atoms with Crippen molar-refractivity contribution in [3.05, 3.63) is 87.9 Å². The molecule has 1 atom stereocenters. The molecule has 1 N–H and O–H groups in total. The first-order chi connectivity index (χ1) is 13.6. The van der Waals surface area contributed by atoms with Crippen molar-refractivity contribution in [2.75, 3.05) is 13.1 Å². The number of aryl methyl sites for hydroxylation is 1. The van der Waals surface area contributed by atoms with Crippen LogP contribution in [0.25, 0.3) is 0 Å². The number of rotatable bonds is 4. The molecule has 3 aromatic rings. The first kappa shape index (κ1) is 18.2. The van der Waals surface area contributed by atoms with Crippen LogP contribution in [0.1, 0.15) is 46.2 Å². The molecule has 0 radical (unpaired) electrons. The van der Waals surface area contributed by atoms with Crippen LogP contribution < -0.4 is 5.43 Å². The maximum Gasteiger partial charge on any atom is 0.259 e. The van der Waals surface area contributed by atoms with E-state index in [0.29, 0.717) is 13.1 Å². The van der Waals surface area contributed by atoms with E-state index in [0.717, 1.165) is 30.9 Å². The van der Waals surface area contributed by atoms with Gasteiger partial charge in [-0.2, -0.15) is 0 Å². The number of H-pyrrole nitrogens is 1. The van der Waals surface area contributed by atoms with Crippen molar-refractivity contribution >= 4 is 5.91 Å². The highest BCUT2D eigenvalue weighted by Gasteiger charge is 2.29. The Bertz CT molecular complexity index is 1020. The van der Waals surface area contributed by atoms with Crippen LogP contribution in [-0.2, 0) is 6.54 Å². The smallest absolute Gasteiger partial charge is 0.259 e. The van der Waals surface area contributed by atoms with Crippen LogP contribution in [0, 0.1) is 6.92 Å². The number of hydrogen-bond donors (Lipinski definition) is 1. The average molecular weight is 376 g/mol. The van der Waals surface area contributed by atoms with Gasteiger partial charge in [0.2, 0.25) is 0 Å². The average Bonchev–Trinajstić information content (AvgIpc) is 3.16. The van der Waals surface area contributed by atoms with Crippen molar-refractivity contribution in [2.24, 2.45) is 0 Å². The second kappa shape index (κ2) is 7.84. The number of amides is 1. The molecule has 0 aliphatic carbocycles. The van der Waals surface area contributed by atoms with Crippen molar-refractivity contribution < 1.29 is 4.79 Å². The largest absolute Gasteiger partial charge is 0.364 e. The number of nitrogens with one attached hydrogen (secondary N) is 1. The van der Waals surface area contributed by atoms with Gasteiger partial charge in [0, 0.05) is 55.9 Å². The van der Waals surface area contributed by atoms with E-state index in [4.69, 9.17) is 0 Å². The van der Waals surface area contributed by atoms with Gasteiger partial charge >= 0.3 is 0 Å². The van der Waals surface area contributed by atoms with Gasteiger partial charge in [-0.3, -0.25) is 9.59 Å². The Kier molecular flexibility index (Phi) is 5.10. The first-order valence-electron chi connectivity index (χ1n) is 9.65. The predicted molar refractivity (Wildman–Crippen MR) is 107 cm³/mol. The minimum atomic E-state index is -0.228. The van der Waals surface area contributed by atoms with Gasteiger partial charge in [-0.05, 0) is 25.3 Å². The maximum atomic E-state index is 12.9. The van der Waals surface area contributed by atoms with E-state index in [1.54, 1.807) is 11.8 Å². The lowest BCUT2D eigenvalue weighted by Crippen LogP contribution is -2.41. The molecule has 1 amide bonds. The standard InChI is InChI=1S/C22H24N4O2/c1-16-12-20(27)19(13-24-16)22(28)26-10-5-8-18(15-26)21-23-9-11-25(21)14-17-6-3-2-4-7-17/h2-4,6-7,9,11-13,18H,5,8,10,14-15H2,1H3,(H,24,27)/t18-/m1/s1. The third kappa shape index (κ3) is 3.76. The summed E-state index contributed by atoms with van der Waals surface area (Å²) < 4.78 is 2.16. The van der Waals surface area contributed by atoms with Gasteiger partial charge in [-0.15, -0.1) is 0 Å². The SMILES string of the molecule is Cc1cc(=O)c(C(=O)N2CCC[C@@H](c3nccn3Cc3ccccc3)C2)c[nH]1. The summed E-state index contributed by atoms with van der Waals surface area (Å²) >= 11 is 0. The highest BCUT2D eigenvalue weighted by Crippen LogP contribution is 2.27. The number of imidazole rings is 1. The normalized spacial score (nSPS) is 16.9. The number of benzene rings is 1. The van der Waals surface area contributed by atoms with Crippen LogP contribution in [0.5, 0.6) is 0 Å². The van der Waals surface area contributed by atoms with Gasteiger partial charge in [-0.1, -0.05) is 30.3 Å². The zero-order chi connectivity index (χ0) is 19.5. The molecule has 6 nitrogen and oxygen atoms in total. The number of nitrogens with zero attached hydrogens (tertiary/aromatic N) is 3. The van der Waals surface area contributed by atoms with E-state index >= 15 is 0 Å². The molecule has 0 saturated carbocycles. The quantitative estimate of drug-likeness (QED) is 0.761. The van der Waals surface area contributed by atoms with Crippen LogP contribution in [-0.4, -0.2) is 38.4 Å². The van der Waals surface area contributed by atoms with Crippen molar-refractivity contribution in [1.82, 2.24) is 19.4 Å². The van der Waals surface area contributed by atoms with Gasteiger partial charge < -0.3 is 14.5 Å². The number of pyridine rings is 1. The molecular formula is C22H24N4O2. The molecule has 1 fully saturated rings. The summed E-state index contributed by atoms with van der Waals surface area (Å²) in [6.07, 6.45) is 7.23. The predicted octanol–water partition coefficient (Wildman–Crippen LogP) is 2.95. The summed E-state index contributed by atoms with van der Waals surface area (Å²) in [5, 5.41) is 0. The zero-order valence-corrected chi connectivity index (χ0v) is 16.0. The lowest BCUT2D eigenvalue weighted by molar-refractivity contribution is 0.0701. The molecule has 0 spiro atoms. The van der Waals surface area contributed by atoms with Gasteiger partial charge in [-0.25, -0.2) is 4.98 Å². The Morgan fingerprint density at radius 1 is 1.29 bits per heavy atom. The lowest BCUT2D eigenvalue weighted by Gasteiger charge is -2.32. The molecule has 0 bridgehead atoms. The van der Waals surface area contributed by atoms with E-state index in [1.165, 1.54) is 17.8 Å². The molecule has 0 unspecified atom stereocenters. The third-order valence-electron chi connectivity index (χ3n) is 5.30. The third-order valence-corrected chi connectivity index (χ3v) is 5.30. The van der Waals surface area contributed by atoms with Gasteiger partial charge in [0.25, 0.3) is 5.91 Å². The number of aromatic amines is 1. The van der Waals surface area contributed by atoms with Crippen molar-refractivity contribution in [3.63, 3.8) is 0 Å². The Morgan fingerprint density at radius 3 is 2.89 bits per heavy atom. The number of hydrogen-bond acceptors (Lipinski definition) is 3. The molecule has 4 rings (SSSR count). The number of likely N-dealkylation sites (tertiary alicyclic amines) is 1. The molecule has 1 saturated heterocycles. The van der Waals surface area contributed by atoms with E-state index in [2.05, 4.69) is 26.7 Å². The van der Waals surface area contributed by atoms with Crippen molar-refractivity contribution in [3.8, 4) is 0 Å². The fraction of sp³-hybridized carbons (Fsp3) is 0.318. The van der Waals surface area contributed by atoms with Crippen molar-refractivity contribution in [1.29, 1.82) is 0 Å². The molecule has 6 heteroatoms. The fourth-order valence-electron chi connectivity index (χ4n) is 3.88. The summed E-state index contributed by atoms with van der Waals surface area (Å²) in [7, 11) is 0. The number of aromatic nitrogens is 3. The second-order valence-electron chi connectivity index (χ2n) is 7.38. The Hall–Kier alpha value is -3.15. The van der Waals surface area contributed by atoms with Crippen LogP contribution in [0.3, 0.4) is 0 Å². The molecular weight excluding hydrogens is 352 g/mol. The fourth-order valence-corrected chi connectivity index (χ4v) is 3.88. The summed E-state index contributed by atoms with van der Waals surface area (Å²) in [6.45, 7) is 3.82. The number of carbonyl (C=O) groups is 1. The monoisotopic (exact) mass is 376 g/mol. The van der Waals surface area contributed by atoms with E-state index in [-0.39, 0.29) is 22.8 Å². The van der Waals surface area contributed by atoms with E-state index < -0.39 is 0 Å². The van der Waals surface area contributed by atoms with Gasteiger partial charge in [0.1, 0.15) is 11.4 Å². The van der Waals surface area contributed by atoms with Crippen LogP contribution >= 0.6 is 0 Å². The number of carbonyl (C=O) groups excluding carboxylic acids is 1. The van der Waals surface area contributed by atoms with Gasteiger partial charge in [0.05, 0.1) is 0 Å². The molecule has 3 heterocycles. The summed E-state index contributed by atoms with van der Waals surface area (Å²) in [4.78, 5) is 34.5. The summed E-state index contributed by atoms with van der Waals surface area (Å²) in [5.41, 5.74) is 1.95. The highest BCUT2D eigenvalue weighted by molar-refractivity contribution is 5.93. The van der Waals surface area contributed by atoms with Crippen LogP contribution in [0.2, 0.25) is 0 Å². The topological polar surface area (TPSA) is 71.0 Å². The second-order valence-corrected chi connectivity index (χ2v) is 7.38. The zero-order valence-electron chi connectivity index (χ0n) is 16.0. The molecule has 1 aromatic carbocycles. The summed E-state index contributed by atoms with van der Waals surface area (Å²) in [6, 6.07) is 11.8. The molecule has 28 heavy (non-hydrogen) atoms. The maximum absolute atomic E-state index is 12.9. The first-order valence-corrected chi connectivity index (χ1v) is 9.65. The Labute approximate surface area is 163 Å². The van der Waals surface area contributed by atoms with Gasteiger partial charge in [0.15, 0.2) is 5.43 Å². The molecule has 144 valence electrons. The highest BCUT2D eigenvalue weighted by atomic mass is 16.2. The lowest BCUT2D eigenvalue weighted by atomic mass is 9.96. The minimum absolute atomic E-state index is 0.168. The summed E-state index contributed by atoms with van der Waals surface area (Å²) in [5.74, 6) is 0.965. The molecule has 1 aliphatic heterocycles.